The lowest BCUT2D eigenvalue weighted by Gasteiger charge is -2.15. The Bertz CT molecular complexity index is 512. The zero-order valence-corrected chi connectivity index (χ0v) is 12.8. The highest BCUT2D eigenvalue weighted by molar-refractivity contribution is 7.89. The third kappa shape index (κ3) is 4.63. The molecule has 0 saturated heterocycles. The fourth-order valence-corrected chi connectivity index (χ4v) is 2.73. The second-order valence-corrected chi connectivity index (χ2v) is 6.29. The summed E-state index contributed by atoms with van der Waals surface area (Å²) in [5, 5.41) is 3.15. The monoisotopic (exact) mass is 298 g/mol. The van der Waals surface area contributed by atoms with E-state index in [4.69, 9.17) is 4.74 Å². The molecule has 0 heterocycles. The van der Waals surface area contributed by atoms with Crippen LogP contribution in [-0.2, 0) is 10.0 Å². The average molecular weight is 298 g/mol. The third-order valence-electron chi connectivity index (χ3n) is 2.72. The molecule has 1 N–H and O–H groups in total. The van der Waals surface area contributed by atoms with E-state index < -0.39 is 10.0 Å². The number of sulfonamides is 1. The Hall–Kier alpha value is -1.37. The second-order valence-electron chi connectivity index (χ2n) is 4.25. The molecule has 1 aromatic carbocycles. The Morgan fingerprint density at radius 2 is 2.00 bits per heavy atom. The molecule has 0 fully saturated rings. The number of nitrogens with zero attached hydrogens (tertiary/aromatic N) is 1. The fraction of sp³-hybridized carbons (Fsp3) is 0.429. The lowest BCUT2D eigenvalue weighted by atomic mass is 10.3. The Morgan fingerprint density at radius 3 is 2.55 bits per heavy atom. The molecule has 112 valence electrons. The predicted octanol–water partition coefficient (Wildman–Crippen LogP) is 1.48. The van der Waals surface area contributed by atoms with E-state index in [0.717, 1.165) is 13.1 Å². The number of hydrogen-bond acceptors (Lipinski definition) is 4. The SMILES string of the molecule is C=CCN(C)S(=O)(=O)c1ccc(OCCNCC)cc1. The van der Waals surface area contributed by atoms with Crippen LogP contribution in [0.25, 0.3) is 0 Å². The van der Waals surface area contributed by atoms with Gasteiger partial charge in [0.15, 0.2) is 0 Å². The minimum absolute atomic E-state index is 0.251. The quantitative estimate of drug-likeness (QED) is 0.554. The molecular weight excluding hydrogens is 276 g/mol. The van der Waals surface area contributed by atoms with Crippen molar-refractivity contribution in [3.8, 4) is 5.75 Å². The summed E-state index contributed by atoms with van der Waals surface area (Å²) in [5.41, 5.74) is 0. The van der Waals surface area contributed by atoms with Crippen molar-refractivity contribution < 1.29 is 13.2 Å². The van der Waals surface area contributed by atoms with Gasteiger partial charge in [-0.2, -0.15) is 4.31 Å². The van der Waals surface area contributed by atoms with Crippen molar-refractivity contribution in [2.24, 2.45) is 0 Å². The minimum atomic E-state index is -3.45. The maximum Gasteiger partial charge on any atom is 0.243 e. The highest BCUT2D eigenvalue weighted by atomic mass is 32.2. The van der Waals surface area contributed by atoms with Gasteiger partial charge < -0.3 is 10.1 Å². The van der Waals surface area contributed by atoms with Crippen LogP contribution < -0.4 is 10.1 Å². The first kappa shape index (κ1) is 16.7. The maximum absolute atomic E-state index is 12.2. The molecule has 0 radical (unpaired) electrons. The van der Waals surface area contributed by atoms with Gasteiger partial charge in [0.2, 0.25) is 10.0 Å². The summed E-state index contributed by atoms with van der Waals surface area (Å²) in [6.07, 6.45) is 1.55. The summed E-state index contributed by atoms with van der Waals surface area (Å²) < 4.78 is 31.1. The van der Waals surface area contributed by atoms with Gasteiger partial charge in [-0.05, 0) is 30.8 Å². The largest absolute Gasteiger partial charge is 0.492 e. The van der Waals surface area contributed by atoms with Crippen molar-refractivity contribution in [1.29, 1.82) is 0 Å². The molecule has 6 heteroatoms. The molecule has 0 unspecified atom stereocenters. The molecule has 0 spiro atoms. The summed E-state index contributed by atoms with van der Waals surface area (Å²) in [6, 6.07) is 6.44. The van der Waals surface area contributed by atoms with Gasteiger partial charge in [0.05, 0.1) is 4.90 Å². The van der Waals surface area contributed by atoms with E-state index in [1.54, 1.807) is 30.3 Å². The van der Waals surface area contributed by atoms with Crippen LogP contribution in [0.1, 0.15) is 6.92 Å². The summed E-state index contributed by atoms with van der Waals surface area (Å²) >= 11 is 0. The van der Waals surface area contributed by atoms with E-state index in [9.17, 15) is 8.42 Å². The first-order valence-electron chi connectivity index (χ1n) is 6.53. The van der Waals surface area contributed by atoms with Crippen LogP contribution in [0.5, 0.6) is 5.75 Å². The Labute approximate surface area is 121 Å². The van der Waals surface area contributed by atoms with Gasteiger partial charge in [0, 0.05) is 20.1 Å². The summed E-state index contributed by atoms with van der Waals surface area (Å²) in [5.74, 6) is 0.660. The number of benzene rings is 1. The Balaban J connectivity index is 2.68. The van der Waals surface area contributed by atoms with Crippen molar-refractivity contribution in [2.75, 3.05) is 33.3 Å². The molecule has 0 atom stereocenters. The molecule has 0 aliphatic rings. The highest BCUT2D eigenvalue weighted by Crippen LogP contribution is 2.18. The maximum atomic E-state index is 12.2. The smallest absolute Gasteiger partial charge is 0.243 e. The molecule has 0 amide bonds. The van der Waals surface area contributed by atoms with E-state index in [1.165, 1.54) is 11.4 Å². The normalized spacial score (nSPS) is 11.6. The molecule has 5 nitrogen and oxygen atoms in total. The van der Waals surface area contributed by atoms with Gasteiger partial charge in [-0.3, -0.25) is 0 Å². The van der Waals surface area contributed by atoms with Crippen LogP contribution in [0.15, 0.2) is 41.8 Å². The molecule has 0 aliphatic heterocycles. The summed E-state index contributed by atoms with van der Waals surface area (Å²) in [4.78, 5) is 0.251. The summed E-state index contributed by atoms with van der Waals surface area (Å²) in [6.45, 7) is 8.06. The molecule has 1 rings (SSSR count). The predicted molar refractivity (Wildman–Crippen MR) is 80.5 cm³/mol. The highest BCUT2D eigenvalue weighted by Gasteiger charge is 2.19. The molecule has 0 saturated carbocycles. The van der Waals surface area contributed by atoms with Crippen molar-refractivity contribution in [2.45, 2.75) is 11.8 Å². The van der Waals surface area contributed by atoms with Crippen LogP contribution >= 0.6 is 0 Å². The number of nitrogens with one attached hydrogen (secondary N) is 1. The number of hydrogen-bond donors (Lipinski definition) is 1. The van der Waals surface area contributed by atoms with E-state index in [2.05, 4.69) is 11.9 Å². The Morgan fingerprint density at radius 1 is 1.35 bits per heavy atom. The van der Waals surface area contributed by atoms with Gasteiger partial charge >= 0.3 is 0 Å². The van der Waals surface area contributed by atoms with Crippen molar-refractivity contribution in [3.63, 3.8) is 0 Å². The van der Waals surface area contributed by atoms with E-state index >= 15 is 0 Å². The minimum Gasteiger partial charge on any atom is -0.492 e. The van der Waals surface area contributed by atoms with Crippen LogP contribution in [-0.4, -0.2) is 46.0 Å². The summed E-state index contributed by atoms with van der Waals surface area (Å²) in [7, 11) is -1.93. The molecule has 0 bridgehead atoms. The standard InChI is InChI=1S/C14H22N2O3S/c1-4-11-16(3)20(17,18)14-8-6-13(7-9-14)19-12-10-15-5-2/h4,6-9,15H,1,5,10-12H2,2-3H3. The zero-order valence-electron chi connectivity index (χ0n) is 12.0. The van der Waals surface area contributed by atoms with Gasteiger partial charge in [-0.25, -0.2) is 8.42 Å². The van der Waals surface area contributed by atoms with Crippen LogP contribution in [0.3, 0.4) is 0 Å². The molecule has 0 aromatic heterocycles. The number of likely N-dealkylation sites (N-methyl/N-ethyl adjacent to an activating group) is 2. The van der Waals surface area contributed by atoms with E-state index in [-0.39, 0.29) is 11.4 Å². The lowest BCUT2D eigenvalue weighted by Crippen LogP contribution is -2.26. The van der Waals surface area contributed by atoms with Crippen molar-refractivity contribution >= 4 is 10.0 Å². The van der Waals surface area contributed by atoms with Crippen LogP contribution in [0.4, 0.5) is 0 Å². The van der Waals surface area contributed by atoms with Gasteiger partial charge in [-0.1, -0.05) is 13.0 Å². The fourth-order valence-electron chi connectivity index (χ4n) is 1.59. The van der Waals surface area contributed by atoms with E-state index in [1.807, 2.05) is 6.92 Å². The number of ether oxygens (including phenoxy) is 1. The van der Waals surface area contributed by atoms with Crippen LogP contribution in [0.2, 0.25) is 0 Å². The first-order chi connectivity index (χ1) is 9.52. The second kappa shape index (κ2) is 8.04. The molecule has 1 aromatic rings. The van der Waals surface area contributed by atoms with Crippen molar-refractivity contribution in [1.82, 2.24) is 9.62 Å². The molecule has 20 heavy (non-hydrogen) atoms. The van der Waals surface area contributed by atoms with Gasteiger partial charge in [-0.15, -0.1) is 6.58 Å². The van der Waals surface area contributed by atoms with Crippen LogP contribution in [0, 0.1) is 0 Å². The zero-order chi connectivity index (χ0) is 15.0. The van der Waals surface area contributed by atoms with Crippen molar-refractivity contribution in [3.05, 3.63) is 36.9 Å². The average Bonchev–Trinajstić information content (AvgIpc) is 2.44. The molecular formula is C14H22N2O3S. The third-order valence-corrected chi connectivity index (χ3v) is 4.55. The Kier molecular flexibility index (Phi) is 6.70. The van der Waals surface area contributed by atoms with E-state index in [0.29, 0.717) is 12.4 Å². The first-order valence-corrected chi connectivity index (χ1v) is 7.97. The number of rotatable bonds is 9. The molecule has 0 aliphatic carbocycles. The van der Waals surface area contributed by atoms with Gasteiger partial charge in [0.1, 0.15) is 12.4 Å². The van der Waals surface area contributed by atoms with Gasteiger partial charge in [0.25, 0.3) is 0 Å². The lowest BCUT2D eigenvalue weighted by molar-refractivity contribution is 0.315. The topological polar surface area (TPSA) is 58.6 Å².